The minimum atomic E-state index is -0.0681. The van der Waals surface area contributed by atoms with Crippen LogP contribution < -0.4 is 5.32 Å². The molecule has 0 aliphatic rings. The normalized spacial score (nSPS) is 11.2. The zero-order chi connectivity index (χ0) is 13.9. The van der Waals surface area contributed by atoms with Gasteiger partial charge in [-0.25, -0.2) is 0 Å². The molecule has 1 aromatic carbocycles. The molecule has 0 fully saturated rings. The molecule has 0 unspecified atom stereocenters. The van der Waals surface area contributed by atoms with Crippen molar-refractivity contribution in [2.75, 3.05) is 26.3 Å². The van der Waals surface area contributed by atoms with Gasteiger partial charge in [0.2, 0.25) is 0 Å². The zero-order valence-corrected chi connectivity index (χ0v) is 12.4. The van der Waals surface area contributed by atoms with Crippen molar-refractivity contribution in [2.24, 2.45) is 0 Å². The van der Waals surface area contributed by atoms with Crippen LogP contribution in [0.1, 0.15) is 31.4 Å². The Balaban J connectivity index is 2.13. The van der Waals surface area contributed by atoms with Crippen molar-refractivity contribution in [3.05, 3.63) is 35.4 Å². The van der Waals surface area contributed by atoms with Crippen LogP contribution in [0.3, 0.4) is 0 Å². The molecule has 1 aromatic rings. The van der Waals surface area contributed by atoms with E-state index in [1.165, 1.54) is 11.1 Å². The molecule has 0 radical (unpaired) electrons. The number of hydrogen-bond acceptors (Lipinski definition) is 3. The molecule has 0 bridgehead atoms. The van der Waals surface area contributed by atoms with E-state index in [1.807, 2.05) is 13.8 Å². The SMILES string of the molecule is CCOC(CCNCCc1cccc(C)c1)OCC. The predicted molar refractivity (Wildman–Crippen MR) is 79.4 cm³/mol. The summed E-state index contributed by atoms with van der Waals surface area (Å²) >= 11 is 0. The summed E-state index contributed by atoms with van der Waals surface area (Å²) in [5.41, 5.74) is 2.71. The van der Waals surface area contributed by atoms with Gasteiger partial charge in [-0.2, -0.15) is 0 Å². The third-order valence-electron chi connectivity index (χ3n) is 2.93. The molecule has 19 heavy (non-hydrogen) atoms. The summed E-state index contributed by atoms with van der Waals surface area (Å²) in [7, 11) is 0. The van der Waals surface area contributed by atoms with E-state index in [0.29, 0.717) is 13.2 Å². The second kappa shape index (κ2) is 9.96. The number of nitrogens with one attached hydrogen (secondary N) is 1. The quantitative estimate of drug-likeness (QED) is 0.521. The highest BCUT2D eigenvalue weighted by atomic mass is 16.7. The Hall–Kier alpha value is -0.900. The Morgan fingerprint density at radius 2 is 1.84 bits per heavy atom. The highest BCUT2D eigenvalue weighted by Gasteiger charge is 2.06. The van der Waals surface area contributed by atoms with E-state index in [1.54, 1.807) is 0 Å². The van der Waals surface area contributed by atoms with Crippen LogP contribution >= 0.6 is 0 Å². The maximum Gasteiger partial charge on any atom is 0.158 e. The van der Waals surface area contributed by atoms with Crippen molar-refractivity contribution in [1.82, 2.24) is 5.32 Å². The Morgan fingerprint density at radius 3 is 2.47 bits per heavy atom. The second-order valence-corrected chi connectivity index (χ2v) is 4.62. The van der Waals surface area contributed by atoms with E-state index >= 15 is 0 Å². The summed E-state index contributed by atoms with van der Waals surface area (Å²) in [6, 6.07) is 8.67. The minimum Gasteiger partial charge on any atom is -0.353 e. The topological polar surface area (TPSA) is 30.5 Å². The lowest BCUT2D eigenvalue weighted by Crippen LogP contribution is -2.26. The highest BCUT2D eigenvalue weighted by molar-refractivity contribution is 5.22. The van der Waals surface area contributed by atoms with Gasteiger partial charge in [0, 0.05) is 19.6 Å². The van der Waals surface area contributed by atoms with E-state index in [9.17, 15) is 0 Å². The lowest BCUT2D eigenvalue weighted by Gasteiger charge is -2.17. The predicted octanol–water partition coefficient (Wildman–Crippen LogP) is 2.92. The van der Waals surface area contributed by atoms with Crippen molar-refractivity contribution in [2.45, 2.75) is 39.9 Å². The van der Waals surface area contributed by atoms with Gasteiger partial charge >= 0.3 is 0 Å². The largest absolute Gasteiger partial charge is 0.353 e. The molecule has 0 saturated heterocycles. The molecule has 3 nitrogen and oxygen atoms in total. The molecule has 108 valence electrons. The smallest absolute Gasteiger partial charge is 0.158 e. The van der Waals surface area contributed by atoms with Crippen molar-refractivity contribution in [3.8, 4) is 0 Å². The fourth-order valence-electron chi connectivity index (χ4n) is 2.03. The van der Waals surface area contributed by atoms with Gasteiger partial charge in [0.05, 0.1) is 0 Å². The fraction of sp³-hybridized carbons (Fsp3) is 0.625. The number of hydrogen-bond donors (Lipinski definition) is 1. The average molecular weight is 265 g/mol. The monoisotopic (exact) mass is 265 g/mol. The number of aryl methyl sites for hydroxylation is 1. The van der Waals surface area contributed by atoms with Gasteiger partial charge < -0.3 is 14.8 Å². The standard InChI is InChI=1S/C16H27NO2/c1-4-18-16(19-5-2)10-12-17-11-9-15-8-6-7-14(3)13-15/h6-8,13,16-17H,4-5,9-12H2,1-3H3. The van der Waals surface area contributed by atoms with E-state index in [2.05, 4.69) is 36.5 Å². The Labute approximate surface area is 117 Å². The summed E-state index contributed by atoms with van der Waals surface area (Å²) in [6.45, 7) is 9.45. The molecule has 1 rings (SSSR count). The Morgan fingerprint density at radius 1 is 1.11 bits per heavy atom. The van der Waals surface area contributed by atoms with Gasteiger partial charge in [0.25, 0.3) is 0 Å². The van der Waals surface area contributed by atoms with Gasteiger partial charge in [-0.15, -0.1) is 0 Å². The van der Waals surface area contributed by atoms with E-state index in [-0.39, 0.29) is 6.29 Å². The minimum absolute atomic E-state index is 0.0681. The van der Waals surface area contributed by atoms with E-state index in [0.717, 1.165) is 25.9 Å². The van der Waals surface area contributed by atoms with Crippen LogP contribution in [-0.4, -0.2) is 32.6 Å². The summed E-state index contributed by atoms with van der Waals surface area (Å²) in [4.78, 5) is 0. The first-order valence-corrected chi connectivity index (χ1v) is 7.25. The van der Waals surface area contributed by atoms with Crippen molar-refractivity contribution < 1.29 is 9.47 Å². The molecule has 1 N–H and O–H groups in total. The molecule has 0 aromatic heterocycles. The van der Waals surface area contributed by atoms with Crippen molar-refractivity contribution in [3.63, 3.8) is 0 Å². The third-order valence-corrected chi connectivity index (χ3v) is 2.93. The van der Waals surface area contributed by atoms with Crippen LogP contribution in [0.2, 0.25) is 0 Å². The maximum absolute atomic E-state index is 5.50. The van der Waals surface area contributed by atoms with Crippen LogP contribution in [0.5, 0.6) is 0 Å². The van der Waals surface area contributed by atoms with Crippen LogP contribution in [0.15, 0.2) is 24.3 Å². The Bertz CT molecular complexity index is 335. The molecule has 0 atom stereocenters. The second-order valence-electron chi connectivity index (χ2n) is 4.62. The van der Waals surface area contributed by atoms with Crippen molar-refractivity contribution in [1.29, 1.82) is 0 Å². The van der Waals surface area contributed by atoms with Crippen molar-refractivity contribution >= 4 is 0 Å². The summed E-state index contributed by atoms with van der Waals surface area (Å²) in [6.07, 6.45) is 1.90. The number of rotatable bonds is 10. The van der Waals surface area contributed by atoms with Crippen LogP contribution in [-0.2, 0) is 15.9 Å². The molecule has 0 heterocycles. The molecule has 0 aliphatic carbocycles. The molecule has 0 amide bonds. The van der Waals surface area contributed by atoms with Gasteiger partial charge in [-0.1, -0.05) is 29.8 Å². The first-order valence-electron chi connectivity index (χ1n) is 7.25. The molecule has 0 saturated carbocycles. The summed E-state index contributed by atoms with van der Waals surface area (Å²) < 4.78 is 11.0. The lowest BCUT2D eigenvalue weighted by molar-refractivity contribution is -0.138. The van der Waals surface area contributed by atoms with Gasteiger partial charge in [-0.05, 0) is 45.8 Å². The number of ether oxygens (including phenoxy) is 2. The van der Waals surface area contributed by atoms with Gasteiger partial charge in [-0.3, -0.25) is 0 Å². The van der Waals surface area contributed by atoms with Crippen LogP contribution in [0, 0.1) is 6.92 Å². The highest BCUT2D eigenvalue weighted by Crippen LogP contribution is 2.04. The summed E-state index contributed by atoms with van der Waals surface area (Å²) in [5.74, 6) is 0. The van der Waals surface area contributed by atoms with Gasteiger partial charge in [0.15, 0.2) is 6.29 Å². The lowest BCUT2D eigenvalue weighted by atomic mass is 10.1. The van der Waals surface area contributed by atoms with E-state index < -0.39 is 0 Å². The number of benzene rings is 1. The summed E-state index contributed by atoms with van der Waals surface area (Å²) in [5, 5.41) is 3.44. The maximum atomic E-state index is 5.50. The third kappa shape index (κ3) is 7.31. The molecular weight excluding hydrogens is 238 g/mol. The van der Waals surface area contributed by atoms with E-state index in [4.69, 9.17) is 9.47 Å². The molecule has 0 spiro atoms. The first-order chi connectivity index (χ1) is 9.26. The molecular formula is C16H27NO2. The molecule has 0 aliphatic heterocycles. The first kappa shape index (κ1) is 16.2. The van der Waals surface area contributed by atoms with Crippen LogP contribution in [0.25, 0.3) is 0 Å². The average Bonchev–Trinajstić information content (AvgIpc) is 2.39. The fourth-order valence-corrected chi connectivity index (χ4v) is 2.03. The molecule has 3 heteroatoms. The Kier molecular flexibility index (Phi) is 8.47. The zero-order valence-electron chi connectivity index (χ0n) is 12.4. The van der Waals surface area contributed by atoms with Gasteiger partial charge in [0.1, 0.15) is 0 Å². The van der Waals surface area contributed by atoms with Crippen LogP contribution in [0.4, 0.5) is 0 Å².